The number of carbonyl (C=O) groups is 2. The molecule has 0 bridgehead atoms. The normalized spacial score (nSPS) is 15.1. The summed E-state index contributed by atoms with van der Waals surface area (Å²) < 4.78 is 30.7. The maximum absolute atomic E-state index is 13.6. The highest BCUT2D eigenvalue weighted by molar-refractivity contribution is 5.94. The van der Waals surface area contributed by atoms with E-state index in [1.807, 2.05) is 6.07 Å². The van der Waals surface area contributed by atoms with Gasteiger partial charge < -0.3 is 14.0 Å². The molecule has 2 heterocycles. The summed E-state index contributed by atoms with van der Waals surface area (Å²) in [5.74, 6) is 0.337. The van der Waals surface area contributed by atoms with Crippen LogP contribution >= 0.6 is 0 Å². The Morgan fingerprint density at radius 1 is 1.05 bits per heavy atom. The number of methoxy groups -OCH3 is 1. The van der Waals surface area contributed by atoms with Crippen molar-refractivity contribution in [1.29, 1.82) is 0 Å². The number of aromatic nitrogens is 1. The molecule has 2 aromatic carbocycles. The smallest absolute Gasteiger partial charge is 0.306 e. The average molecular weight is 581 g/mol. The number of nitrogens with zero attached hydrogens (tertiary/aromatic N) is 2. The highest BCUT2D eigenvalue weighted by Crippen LogP contribution is 2.33. The summed E-state index contributed by atoms with van der Waals surface area (Å²) in [6, 6.07) is 10.0. The van der Waals surface area contributed by atoms with Crippen molar-refractivity contribution in [2.45, 2.75) is 96.5 Å². The molecule has 0 radical (unpaired) electrons. The van der Waals surface area contributed by atoms with Crippen molar-refractivity contribution in [3.63, 3.8) is 0 Å². The number of unbranched alkanes of at least 4 members (excludes halogenated alkanes) is 6. The number of piperidine rings is 1. The topological polar surface area (TPSA) is 81.9 Å². The molecule has 42 heavy (non-hydrogen) atoms. The van der Waals surface area contributed by atoms with Crippen LogP contribution in [0.2, 0.25) is 0 Å². The van der Waals surface area contributed by atoms with Crippen molar-refractivity contribution in [2.24, 2.45) is 0 Å². The SMILES string of the molecule is CCCCCCCCCC(=O)OC(Cc1ccc(C(C)=O)cc1OC)CN1CCC(c2noc3cc(F)ccc23)CC1. The number of carbonyl (C=O) groups excluding carboxylic acids is 2. The first-order valence-corrected chi connectivity index (χ1v) is 15.5. The van der Waals surface area contributed by atoms with Crippen molar-refractivity contribution in [2.75, 3.05) is 26.7 Å². The Morgan fingerprint density at radius 3 is 2.50 bits per heavy atom. The molecule has 0 saturated carbocycles. The Labute approximate surface area is 248 Å². The van der Waals surface area contributed by atoms with Crippen LogP contribution in [0.15, 0.2) is 40.9 Å². The van der Waals surface area contributed by atoms with E-state index in [1.165, 1.54) is 44.7 Å². The minimum atomic E-state index is -0.341. The zero-order chi connectivity index (χ0) is 29.9. The van der Waals surface area contributed by atoms with Crippen molar-refractivity contribution in [3.8, 4) is 5.75 Å². The van der Waals surface area contributed by atoms with E-state index in [2.05, 4.69) is 17.0 Å². The number of halogens is 1. The average Bonchev–Trinajstić information content (AvgIpc) is 3.40. The molecule has 1 fully saturated rings. The van der Waals surface area contributed by atoms with Crippen LogP contribution in [0, 0.1) is 5.82 Å². The van der Waals surface area contributed by atoms with E-state index >= 15 is 0 Å². The predicted octanol–water partition coefficient (Wildman–Crippen LogP) is 7.65. The highest BCUT2D eigenvalue weighted by Gasteiger charge is 2.28. The molecule has 1 aromatic heterocycles. The van der Waals surface area contributed by atoms with Crippen molar-refractivity contribution in [3.05, 3.63) is 59.0 Å². The van der Waals surface area contributed by atoms with Crippen LogP contribution < -0.4 is 4.74 Å². The van der Waals surface area contributed by atoms with E-state index in [0.717, 1.165) is 61.8 Å². The first-order chi connectivity index (χ1) is 20.4. The number of ketones is 1. The van der Waals surface area contributed by atoms with Gasteiger partial charge in [0, 0.05) is 42.3 Å². The van der Waals surface area contributed by atoms with Gasteiger partial charge in [-0.3, -0.25) is 14.5 Å². The van der Waals surface area contributed by atoms with Gasteiger partial charge in [0.05, 0.1) is 12.8 Å². The van der Waals surface area contributed by atoms with E-state index in [4.69, 9.17) is 14.0 Å². The number of hydrogen-bond acceptors (Lipinski definition) is 7. The predicted molar refractivity (Wildman–Crippen MR) is 162 cm³/mol. The van der Waals surface area contributed by atoms with Crippen molar-refractivity contribution in [1.82, 2.24) is 10.1 Å². The lowest BCUT2D eigenvalue weighted by molar-refractivity contribution is -0.150. The lowest BCUT2D eigenvalue weighted by atomic mass is 9.91. The molecule has 1 aliphatic heterocycles. The Morgan fingerprint density at radius 2 is 1.79 bits per heavy atom. The molecule has 3 aromatic rings. The zero-order valence-electron chi connectivity index (χ0n) is 25.3. The number of benzene rings is 2. The standard InChI is InChI=1S/C34H45FN2O5/c1-4-5-6-7-8-9-10-11-33(39)41-29(20-27-13-12-26(24(2)38)21-31(27)40-3)23-37-18-16-25(17-19-37)34-30-15-14-28(35)22-32(30)42-36-34/h12-15,21-22,25,29H,4-11,16-20,23H2,1-3H3. The van der Waals surface area contributed by atoms with Gasteiger partial charge in [0.25, 0.3) is 0 Å². The van der Waals surface area contributed by atoms with E-state index in [9.17, 15) is 14.0 Å². The fourth-order valence-electron chi connectivity index (χ4n) is 5.89. The molecule has 0 amide bonds. The van der Waals surface area contributed by atoms with Crippen LogP contribution in [0.25, 0.3) is 11.0 Å². The van der Waals surface area contributed by atoms with E-state index in [1.54, 1.807) is 25.3 Å². The van der Waals surface area contributed by atoms with Gasteiger partial charge in [-0.05, 0) is 63.0 Å². The maximum Gasteiger partial charge on any atom is 0.306 e. The molecule has 7 nitrogen and oxygen atoms in total. The van der Waals surface area contributed by atoms with E-state index in [-0.39, 0.29) is 29.6 Å². The summed E-state index contributed by atoms with van der Waals surface area (Å²) in [4.78, 5) is 27.1. The fourth-order valence-corrected chi connectivity index (χ4v) is 5.89. The Bertz CT molecular complexity index is 1310. The Kier molecular flexibility index (Phi) is 11.9. The molecule has 1 aliphatic rings. The molecule has 1 unspecified atom stereocenters. The van der Waals surface area contributed by atoms with Gasteiger partial charge in [-0.25, -0.2) is 4.39 Å². The highest BCUT2D eigenvalue weighted by atomic mass is 19.1. The van der Waals surface area contributed by atoms with Crippen LogP contribution in [0.5, 0.6) is 5.75 Å². The number of fused-ring (bicyclic) bond motifs is 1. The first-order valence-electron chi connectivity index (χ1n) is 15.5. The van der Waals surface area contributed by atoms with Crippen LogP contribution in [-0.4, -0.2) is 54.7 Å². The summed E-state index contributed by atoms with van der Waals surface area (Å²) in [6.45, 7) is 6.01. The minimum absolute atomic E-state index is 0.0228. The number of Topliss-reactive ketones (excluding diaryl/α,β-unsaturated/α-hetero) is 1. The summed E-state index contributed by atoms with van der Waals surface area (Å²) in [7, 11) is 1.59. The summed E-state index contributed by atoms with van der Waals surface area (Å²) >= 11 is 0. The molecule has 8 heteroatoms. The molecule has 4 rings (SSSR count). The van der Waals surface area contributed by atoms with Crippen LogP contribution in [-0.2, 0) is 16.0 Å². The zero-order valence-corrected chi connectivity index (χ0v) is 25.3. The first kappa shape index (κ1) is 31.7. The van der Waals surface area contributed by atoms with Gasteiger partial charge in [-0.2, -0.15) is 0 Å². The molecule has 0 aliphatic carbocycles. The second-order valence-corrected chi connectivity index (χ2v) is 11.6. The number of hydrogen-bond donors (Lipinski definition) is 0. The molecule has 0 spiro atoms. The third kappa shape index (κ3) is 8.87. The van der Waals surface area contributed by atoms with Crippen LogP contribution in [0.4, 0.5) is 4.39 Å². The van der Waals surface area contributed by atoms with Crippen LogP contribution in [0.3, 0.4) is 0 Å². The number of rotatable bonds is 16. The lowest BCUT2D eigenvalue weighted by Crippen LogP contribution is -2.41. The monoisotopic (exact) mass is 580 g/mol. The lowest BCUT2D eigenvalue weighted by Gasteiger charge is -2.33. The number of esters is 1. The number of ether oxygens (including phenoxy) is 2. The minimum Gasteiger partial charge on any atom is -0.496 e. The largest absolute Gasteiger partial charge is 0.496 e. The molecule has 1 atom stereocenters. The fraction of sp³-hybridized carbons (Fsp3) is 0.559. The van der Waals surface area contributed by atoms with Crippen molar-refractivity contribution < 1.29 is 28.0 Å². The van der Waals surface area contributed by atoms with Gasteiger partial charge in [0.2, 0.25) is 0 Å². The van der Waals surface area contributed by atoms with Gasteiger partial charge in [-0.1, -0.05) is 62.7 Å². The molecule has 0 N–H and O–H groups in total. The third-order valence-electron chi connectivity index (χ3n) is 8.32. The second kappa shape index (κ2) is 15.8. The van der Waals surface area contributed by atoms with Crippen molar-refractivity contribution >= 4 is 22.7 Å². The summed E-state index contributed by atoms with van der Waals surface area (Å²) in [5.41, 5.74) is 2.86. The third-order valence-corrected chi connectivity index (χ3v) is 8.32. The van der Waals surface area contributed by atoms with Gasteiger partial charge in [0.1, 0.15) is 17.7 Å². The molecule has 1 saturated heterocycles. The summed E-state index contributed by atoms with van der Waals surface area (Å²) in [6.07, 6.45) is 10.4. The van der Waals surface area contributed by atoms with Gasteiger partial charge in [0.15, 0.2) is 11.4 Å². The summed E-state index contributed by atoms with van der Waals surface area (Å²) in [5, 5.41) is 5.14. The van der Waals surface area contributed by atoms with Gasteiger partial charge in [-0.15, -0.1) is 0 Å². The number of likely N-dealkylation sites (tertiary alicyclic amines) is 1. The molecular formula is C34H45FN2O5. The Hall–Kier alpha value is -3.26. The van der Waals surface area contributed by atoms with E-state index in [0.29, 0.717) is 36.3 Å². The molecule has 228 valence electrons. The Balaban J connectivity index is 1.37. The van der Waals surface area contributed by atoms with E-state index < -0.39 is 0 Å². The van der Waals surface area contributed by atoms with Gasteiger partial charge >= 0.3 is 5.97 Å². The quantitative estimate of drug-likeness (QED) is 0.0978. The maximum atomic E-state index is 13.6. The second-order valence-electron chi connectivity index (χ2n) is 11.6. The van der Waals surface area contributed by atoms with Crippen LogP contribution in [0.1, 0.15) is 106 Å². The molecular weight excluding hydrogens is 535 g/mol.